The first-order valence-electron chi connectivity index (χ1n) is 8.38. The van der Waals surface area contributed by atoms with Crippen molar-refractivity contribution in [2.75, 3.05) is 39.8 Å². The maximum absolute atomic E-state index is 12.3. The van der Waals surface area contributed by atoms with Gasteiger partial charge in [0.25, 0.3) is 0 Å². The van der Waals surface area contributed by atoms with E-state index in [-0.39, 0.29) is 11.8 Å². The van der Waals surface area contributed by atoms with Crippen LogP contribution in [0.2, 0.25) is 0 Å². The molecule has 2 heterocycles. The van der Waals surface area contributed by atoms with Gasteiger partial charge in [0.05, 0.1) is 6.04 Å². The van der Waals surface area contributed by atoms with Crippen molar-refractivity contribution in [1.29, 1.82) is 0 Å². The van der Waals surface area contributed by atoms with Crippen molar-refractivity contribution >= 4 is 17.2 Å². The molecule has 1 saturated heterocycles. The number of nitrogens with zero attached hydrogens (tertiary/aromatic N) is 2. The maximum Gasteiger partial charge on any atom is 0.223 e. The molecule has 2 rings (SSSR count). The van der Waals surface area contributed by atoms with Crippen LogP contribution in [0.4, 0.5) is 0 Å². The molecular weight excluding hydrogens is 294 g/mol. The number of carbonyl (C=O) groups is 1. The molecule has 1 N–H and O–H groups in total. The van der Waals surface area contributed by atoms with Gasteiger partial charge >= 0.3 is 0 Å². The lowest BCUT2D eigenvalue weighted by atomic mass is 10.0. The van der Waals surface area contributed by atoms with Crippen LogP contribution in [0, 0.1) is 5.92 Å². The van der Waals surface area contributed by atoms with Crippen LogP contribution in [0.15, 0.2) is 16.8 Å². The van der Waals surface area contributed by atoms with Gasteiger partial charge in [-0.15, -0.1) is 0 Å². The van der Waals surface area contributed by atoms with E-state index in [0.29, 0.717) is 6.04 Å². The van der Waals surface area contributed by atoms with Crippen LogP contribution in [0.5, 0.6) is 0 Å². The van der Waals surface area contributed by atoms with Crippen molar-refractivity contribution in [2.24, 2.45) is 5.92 Å². The molecule has 0 radical (unpaired) electrons. The van der Waals surface area contributed by atoms with Crippen LogP contribution >= 0.6 is 11.3 Å². The minimum atomic E-state index is 0.149. The molecule has 1 amide bonds. The third-order valence-electron chi connectivity index (χ3n) is 4.73. The molecule has 0 aliphatic carbocycles. The van der Waals surface area contributed by atoms with Crippen molar-refractivity contribution in [3.05, 3.63) is 22.4 Å². The lowest BCUT2D eigenvalue weighted by Gasteiger charge is -2.38. The van der Waals surface area contributed by atoms with Crippen LogP contribution in [-0.2, 0) is 4.79 Å². The number of amides is 1. The van der Waals surface area contributed by atoms with Crippen LogP contribution in [-0.4, -0.2) is 55.5 Å². The molecule has 1 atom stereocenters. The Morgan fingerprint density at radius 2 is 1.95 bits per heavy atom. The Labute approximate surface area is 138 Å². The third-order valence-corrected chi connectivity index (χ3v) is 5.43. The first-order valence-corrected chi connectivity index (χ1v) is 9.32. The molecule has 1 aromatic rings. The molecule has 22 heavy (non-hydrogen) atoms. The Morgan fingerprint density at radius 1 is 1.27 bits per heavy atom. The molecule has 1 aliphatic rings. The Kier molecular flexibility index (Phi) is 6.86. The van der Waals surface area contributed by atoms with Crippen molar-refractivity contribution in [3.63, 3.8) is 0 Å². The zero-order valence-corrected chi connectivity index (χ0v) is 14.9. The van der Waals surface area contributed by atoms with E-state index in [9.17, 15) is 4.79 Å². The first kappa shape index (κ1) is 17.4. The number of hydrogen-bond acceptors (Lipinski definition) is 4. The summed E-state index contributed by atoms with van der Waals surface area (Å²) in [7, 11) is 2.17. The Balaban J connectivity index is 1.98. The van der Waals surface area contributed by atoms with Gasteiger partial charge in [-0.3, -0.25) is 9.69 Å². The van der Waals surface area contributed by atoms with Gasteiger partial charge in [0.2, 0.25) is 5.91 Å². The van der Waals surface area contributed by atoms with E-state index >= 15 is 0 Å². The summed E-state index contributed by atoms with van der Waals surface area (Å²) in [5.74, 6) is 0.356. The summed E-state index contributed by atoms with van der Waals surface area (Å²) in [6, 6.07) is 2.50. The number of likely N-dealkylation sites (N-methyl/N-ethyl adjacent to an activating group) is 1. The highest BCUT2D eigenvalue weighted by Gasteiger charge is 2.25. The Hall–Kier alpha value is -0.910. The van der Waals surface area contributed by atoms with Crippen molar-refractivity contribution in [2.45, 2.75) is 32.7 Å². The highest BCUT2D eigenvalue weighted by atomic mass is 32.1. The molecule has 1 fully saturated rings. The van der Waals surface area contributed by atoms with Gasteiger partial charge in [0, 0.05) is 38.6 Å². The van der Waals surface area contributed by atoms with E-state index in [1.54, 1.807) is 11.3 Å². The summed E-state index contributed by atoms with van der Waals surface area (Å²) in [5.41, 5.74) is 1.33. The van der Waals surface area contributed by atoms with Gasteiger partial charge in [-0.25, -0.2) is 0 Å². The van der Waals surface area contributed by atoms with E-state index in [1.165, 1.54) is 5.56 Å². The van der Waals surface area contributed by atoms with E-state index in [0.717, 1.165) is 45.6 Å². The van der Waals surface area contributed by atoms with E-state index in [1.807, 2.05) is 0 Å². The molecule has 1 aromatic heterocycles. The fourth-order valence-electron chi connectivity index (χ4n) is 3.06. The molecule has 0 bridgehead atoms. The predicted octanol–water partition coefficient (Wildman–Crippen LogP) is 2.59. The number of hydrogen-bond donors (Lipinski definition) is 1. The van der Waals surface area contributed by atoms with Gasteiger partial charge in [0.15, 0.2) is 0 Å². The molecule has 5 heteroatoms. The molecule has 124 valence electrons. The molecule has 1 aliphatic heterocycles. The van der Waals surface area contributed by atoms with E-state index in [2.05, 4.69) is 52.8 Å². The topological polar surface area (TPSA) is 35.6 Å². The van der Waals surface area contributed by atoms with Crippen molar-refractivity contribution < 1.29 is 4.79 Å². The summed E-state index contributed by atoms with van der Waals surface area (Å²) in [5, 5.41) is 7.53. The number of carbonyl (C=O) groups excluding carboxylic acids is 1. The number of thiophene rings is 1. The van der Waals surface area contributed by atoms with Crippen LogP contribution in [0.25, 0.3) is 0 Å². The number of nitrogens with one attached hydrogen (secondary N) is 1. The predicted molar refractivity (Wildman–Crippen MR) is 93.2 cm³/mol. The fraction of sp³-hybridized carbons (Fsp3) is 0.706. The molecule has 0 unspecified atom stereocenters. The summed E-state index contributed by atoms with van der Waals surface area (Å²) in [6.07, 6.45) is 1.83. The second kappa shape index (κ2) is 8.65. The lowest BCUT2D eigenvalue weighted by molar-refractivity contribution is -0.125. The Morgan fingerprint density at radius 3 is 2.50 bits per heavy atom. The summed E-state index contributed by atoms with van der Waals surface area (Å²) < 4.78 is 0. The lowest BCUT2D eigenvalue weighted by Crippen LogP contribution is -2.48. The largest absolute Gasteiger partial charge is 0.354 e. The number of rotatable bonds is 7. The highest BCUT2D eigenvalue weighted by molar-refractivity contribution is 7.07. The van der Waals surface area contributed by atoms with Crippen LogP contribution in [0.3, 0.4) is 0 Å². The molecular formula is C17H29N3OS. The minimum absolute atomic E-state index is 0.149. The molecule has 0 saturated carbocycles. The second-order valence-electron chi connectivity index (χ2n) is 6.17. The molecule has 4 nitrogen and oxygen atoms in total. The quantitative estimate of drug-likeness (QED) is 0.838. The third kappa shape index (κ3) is 4.54. The summed E-state index contributed by atoms with van der Waals surface area (Å²) >= 11 is 1.73. The fourth-order valence-corrected chi connectivity index (χ4v) is 3.76. The smallest absolute Gasteiger partial charge is 0.223 e. The van der Waals surface area contributed by atoms with Crippen LogP contribution in [0.1, 0.15) is 38.3 Å². The molecule has 0 aromatic carbocycles. The average molecular weight is 324 g/mol. The highest BCUT2D eigenvalue weighted by Crippen LogP contribution is 2.24. The average Bonchev–Trinajstić information content (AvgIpc) is 3.04. The standard InChI is InChI=1S/C17H29N3OS/c1-4-14(5-2)17(21)18-12-16(15-6-11-22-13-15)20-9-7-19(3)8-10-20/h6,11,13-14,16H,4-5,7-10,12H2,1-3H3,(H,18,21)/t16-/m1/s1. The zero-order valence-electron chi connectivity index (χ0n) is 14.0. The van der Waals surface area contributed by atoms with Crippen molar-refractivity contribution in [3.8, 4) is 0 Å². The first-order chi connectivity index (χ1) is 10.7. The number of piperazine rings is 1. The second-order valence-corrected chi connectivity index (χ2v) is 6.95. The van der Waals surface area contributed by atoms with Gasteiger partial charge in [-0.2, -0.15) is 11.3 Å². The summed E-state index contributed by atoms with van der Waals surface area (Å²) in [6.45, 7) is 9.23. The Bertz CT molecular complexity index is 437. The zero-order chi connectivity index (χ0) is 15.9. The van der Waals surface area contributed by atoms with E-state index in [4.69, 9.17) is 0 Å². The van der Waals surface area contributed by atoms with Gasteiger partial charge in [-0.05, 0) is 42.3 Å². The van der Waals surface area contributed by atoms with Gasteiger partial charge < -0.3 is 10.2 Å². The normalized spacial score (nSPS) is 18.5. The molecule has 0 spiro atoms. The van der Waals surface area contributed by atoms with Gasteiger partial charge in [0.1, 0.15) is 0 Å². The van der Waals surface area contributed by atoms with Crippen LogP contribution < -0.4 is 5.32 Å². The maximum atomic E-state index is 12.3. The monoisotopic (exact) mass is 323 g/mol. The minimum Gasteiger partial charge on any atom is -0.354 e. The van der Waals surface area contributed by atoms with E-state index < -0.39 is 0 Å². The van der Waals surface area contributed by atoms with Gasteiger partial charge in [-0.1, -0.05) is 13.8 Å². The van der Waals surface area contributed by atoms with Crippen molar-refractivity contribution in [1.82, 2.24) is 15.1 Å². The summed E-state index contributed by atoms with van der Waals surface area (Å²) in [4.78, 5) is 17.2. The SMILES string of the molecule is CCC(CC)C(=O)NC[C@H](c1ccsc1)N1CCN(C)CC1.